The molecule has 0 aliphatic rings. The van der Waals surface area contributed by atoms with E-state index in [1.165, 1.54) is 0 Å². The van der Waals surface area contributed by atoms with E-state index >= 15 is 0 Å². The van der Waals surface area contributed by atoms with Crippen LogP contribution in [0.5, 0.6) is 0 Å². The third kappa shape index (κ3) is 4.14. The number of amides is 1. The van der Waals surface area contributed by atoms with E-state index in [2.05, 4.69) is 5.43 Å². The molecule has 102 valence electrons. The largest absolute Gasteiger partial charge is 0.464 e. The molecule has 0 spiro atoms. The molecule has 0 saturated carbocycles. The number of furan rings is 1. The summed E-state index contributed by atoms with van der Waals surface area (Å²) in [7, 11) is 1.93. The molecular formula is C12H21N3O3. The van der Waals surface area contributed by atoms with Crippen molar-refractivity contribution in [2.45, 2.75) is 32.9 Å². The van der Waals surface area contributed by atoms with Gasteiger partial charge in [-0.25, -0.2) is 5.84 Å². The Morgan fingerprint density at radius 1 is 1.67 bits per heavy atom. The maximum absolute atomic E-state index is 11.4. The van der Waals surface area contributed by atoms with Gasteiger partial charge in [0.25, 0.3) is 5.91 Å². The van der Waals surface area contributed by atoms with Gasteiger partial charge in [0.05, 0.1) is 18.2 Å². The number of hydrogen-bond donors (Lipinski definition) is 3. The fourth-order valence-electron chi connectivity index (χ4n) is 1.68. The van der Waals surface area contributed by atoms with Crippen LogP contribution in [0.3, 0.4) is 0 Å². The number of nitrogens with two attached hydrogens (primary N) is 1. The zero-order chi connectivity index (χ0) is 13.7. The topological polar surface area (TPSA) is 91.7 Å². The summed E-state index contributed by atoms with van der Waals surface area (Å²) in [4.78, 5) is 13.4. The zero-order valence-corrected chi connectivity index (χ0v) is 11.1. The highest BCUT2D eigenvalue weighted by molar-refractivity contribution is 5.94. The van der Waals surface area contributed by atoms with Gasteiger partial charge in [-0.2, -0.15) is 0 Å². The number of nitrogens with zero attached hydrogens (tertiary/aromatic N) is 1. The van der Waals surface area contributed by atoms with E-state index in [4.69, 9.17) is 10.3 Å². The Hall–Kier alpha value is -1.37. The molecule has 0 radical (unpaired) electrons. The summed E-state index contributed by atoms with van der Waals surface area (Å²) in [6.07, 6.45) is 0.385. The van der Waals surface area contributed by atoms with E-state index in [0.717, 1.165) is 6.54 Å². The third-order valence-corrected chi connectivity index (χ3v) is 2.70. The normalized spacial score (nSPS) is 12.8. The molecule has 1 aromatic heterocycles. The molecule has 0 fully saturated rings. The Balaban J connectivity index is 2.60. The van der Waals surface area contributed by atoms with Gasteiger partial charge in [0.15, 0.2) is 0 Å². The number of nitrogens with one attached hydrogen (secondary N) is 1. The second kappa shape index (κ2) is 6.53. The fraction of sp³-hybridized carbons (Fsp3) is 0.583. The van der Waals surface area contributed by atoms with Gasteiger partial charge >= 0.3 is 0 Å². The molecule has 1 aromatic rings. The Labute approximate surface area is 107 Å². The predicted octanol–water partition coefficient (Wildman–Crippen LogP) is 0.394. The highest BCUT2D eigenvalue weighted by Crippen LogP contribution is 2.16. The molecule has 0 saturated heterocycles. The lowest BCUT2D eigenvalue weighted by atomic mass is 10.2. The molecule has 1 amide bonds. The first-order valence-corrected chi connectivity index (χ1v) is 5.91. The van der Waals surface area contributed by atoms with Crippen LogP contribution in [0.1, 0.15) is 35.2 Å². The number of carbonyl (C=O) groups excluding carboxylic acids is 1. The van der Waals surface area contributed by atoms with E-state index < -0.39 is 0 Å². The monoisotopic (exact) mass is 255 g/mol. The second-order valence-electron chi connectivity index (χ2n) is 4.53. The standard InChI is InChI=1S/C12H21N3O3/c1-8(16)4-5-15(3)7-10-6-11(9(2)18-10)12(17)14-13/h6,8,16H,4-5,7,13H2,1-3H3,(H,14,17). The maximum Gasteiger partial charge on any atom is 0.268 e. The van der Waals surface area contributed by atoms with Crippen LogP contribution < -0.4 is 11.3 Å². The molecular weight excluding hydrogens is 234 g/mol. The van der Waals surface area contributed by atoms with E-state index in [1.54, 1.807) is 19.9 Å². The molecule has 0 aliphatic heterocycles. The lowest BCUT2D eigenvalue weighted by molar-refractivity contribution is 0.0952. The van der Waals surface area contributed by atoms with Crippen LogP contribution in [0, 0.1) is 6.92 Å². The van der Waals surface area contributed by atoms with Gasteiger partial charge in [-0.1, -0.05) is 0 Å². The van der Waals surface area contributed by atoms with Gasteiger partial charge in [-0.3, -0.25) is 15.1 Å². The summed E-state index contributed by atoms with van der Waals surface area (Å²) >= 11 is 0. The molecule has 6 heteroatoms. The minimum absolute atomic E-state index is 0.315. The SMILES string of the molecule is Cc1oc(CN(C)CCC(C)O)cc1C(=O)NN. The van der Waals surface area contributed by atoms with E-state index in [9.17, 15) is 9.90 Å². The maximum atomic E-state index is 11.4. The predicted molar refractivity (Wildman–Crippen MR) is 67.7 cm³/mol. The second-order valence-corrected chi connectivity index (χ2v) is 4.53. The first-order chi connectivity index (χ1) is 8.43. The van der Waals surface area contributed by atoms with E-state index in [0.29, 0.717) is 30.0 Å². The molecule has 1 atom stereocenters. The quantitative estimate of drug-likeness (QED) is 0.388. The molecule has 0 aliphatic carbocycles. The minimum atomic E-state index is -0.353. The number of rotatable bonds is 6. The molecule has 1 heterocycles. The molecule has 18 heavy (non-hydrogen) atoms. The van der Waals surface area contributed by atoms with Crippen molar-refractivity contribution in [2.75, 3.05) is 13.6 Å². The average molecular weight is 255 g/mol. The zero-order valence-electron chi connectivity index (χ0n) is 11.1. The van der Waals surface area contributed by atoms with Crippen molar-refractivity contribution in [3.8, 4) is 0 Å². The van der Waals surface area contributed by atoms with Crippen LogP contribution in [-0.2, 0) is 6.54 Å². The number of nitrogen functional groups attached to an aromatic ring is 1. The first-order valence-electron chi connectivity index (χ1n) is 5.91. The van der Waals surface area contributed by atoms with Gasteiger partial charge in [-0.05, 0) is 33.4 Å². The van der Waals surface area contributed by atoms with Gasteiger partial charge in [0.2, 0.25) is 0 Å². The van der Waals surface area contributed by atoms with Crippen molar-refractivity contribution in [2.24, 2.45) is 5.84 Å². The highest BCUT2D eigenvalue weighted by Gasteiger charge is 2.14. The van der Waals surface area contributed by atoms with Crippen LogP contribution in [-0.4, -0.2) is 35.6 Å². The first kappa shape index (κ1) is 14.7. The molecule has 4 N–H and O–H groups in total. The highest BCUT2D eigenvalue weighted by atomic mass is 16.3. The van der Waals surface area contributed by atoms with Crippen LogP contribution in [0.15, 0.2) is 10.5 Å². The smallest absolute Gasteiger partial charge is 0.268 e. The van der Waals surface area contributed by atoms with E-state index in [1.807, 2.05) is 11.9 Å². The van der Waals surface area contributed by atoms with Crippen molar-refractivity contribution < 1.29 is 14.3 Å². The van der Waals surface area contributed by atoms with Gasteiger partial charge < -0.3 is 9.52 Å². The molecule has 6 nitrogen and oxygen atoms in total. The van der Waals surface area contributed by atoms with Crippen LogP contribution in [0.25, 0.3) is 0 Å². The summed E-state index contributed by atoms with van der Waals surface area (Å²) in [6, 6.07) is 1.69. The lowest BCUT2D eigenvalue weighted by Crippen LogP contribution is -2.30. The fourth-order valence-corrected chi connectivity index (χ4v) is 1.68. The van der Waals surface area contributed by atoms with E-state index in [-0.39, 0.29) is 12.0 Å². The Morgan fingerprint density at radius 3 is 2.89 bits per heavy atom. The molecule has 1 rings (SSSR count). The van der Waals surface area contributed by atoms with Crippen molar-refractivity contribution in [1.82, 2.24) is 10.3 Å². The summed E-state index contributed by atoms with van der Waals surface area (Å²) in [5.74, 6) is 5.99. The van der Waals surface area contributed by atoms with Crippen LogP contribution >= 0.6 is 0 Å². The van der Waals surface area contributed by atoms with Crippen LogP contribution in [0.4, 0.5) is 0 Å². The van der Waals surface area contributed by atoms with Crippen molar-refractivity contribution >= 4 is 5.91 Å². The Morgan fingerprint density at radius 2 is 2.33 bits per heavy atom. The van der Waals surface area contributed by atoms with Gasteiger partial charge in [-0.15, -0.1) is 0 Å². The lowest BCUT2D eigenvalue weighted by Gasteiger charge is -2.15. The van der Waals surface area contributed by atoms with Crippen LogP contribution in [0.2, 0.25) is 0 Å². The Bertz CT molecular complexity index is 401. The Kier molecular flexibility index (Phi) is 5.33. The van der Waals surface area contributed by atoms with Gasteiger partial charge in [0.1, 0.15) is 11.5 Å². The number of carbonyl (C=O) groups is 1. The van der Waals surface area contributed by atoms with Gasteiger partial charge in [0, 0.05) is 6.54 Å². The van der Waals surface area contributed by atoms with Crippen molar-refractivity contribution in [3.63, 3.8) is 0 Å². The van der Waals surface area contributed by atoms with Crippen molar-refractivity contribution in [1.29, 1.82) is 0 Å². The summed E-state index contributed by atoms with van der Waals surface area (Å²) in [5.41, 5.74) is 2.54. The number of aliphatic hydroxyl groups is 1. The number of hydrazine groups is 1. The third-order valence-electron chi connectivity index (χ3n) is 2.70. The minimum Gasteiger partial charge on any atom is -0.464 e. The molecule has 0 aromatic carbocycles. The average Bonchev–Trinajstić information content (AvgIpc) is 2.66. The number of hydrogen-bond acceptors (Lipinski definition) is 5. The summed E-state index contributed by atoms with van der Waals surface area (Å²) in [5, 5.41) is 9.20. The summed E-state index contributed by atoms with van der Waals surface area (Å²) < 4.78 is 5.49. The molecule has 1 unspecified atom stereocenters. The molecule has 0 bridgehead atoms. The van der Waals surface area contributed by atoms with Crippen molar-refractivity contribution in [3.05, 3.63) is 23.2 Å². The summed E-state index contributed by atoms with van der Waals surface area (Å²) in [6.45, 7) is 4.83. The number of aliphatic hydroxyl groups excluding tert-OH is 1. The number of aryl methyl sites for hydroxylation is 1.